The lowest BCUT2D eigenvalue weighted by Crippen LogP contribution is -2.32. The third-order valence-corrected chi connectivity index (χ3v) is 3.39. The summed E-state index contributed by atoms with van der Waals surface area (Å²) in [6, 6.07) is 6.07. The highest BCUT2D eigenvalue weighted by Crippen LogP contribution is 2.35. The summed E-state index contributed by atoms with van der Waals surface area (Å²) in [5.74, 6) is 1.36. The van der Waals surface area contributed by atoms with Gasteiger partial charge in [0, 0.05) is 19.1 Å². The maximum Gasteiger partial charge on any atom is 0.127 e. The van der Waals surface area contributed by atoms with Gasteiger partial charge in [0.1, 0.15) is 5.75 Å². The second kappa shape index (κ2) is 5.07. The van der Waals surface area contributed by atoms with Gasteiger partial charge < -0.3 is 15.2 Å². The van der Waals surface area contributed by atoms with Crippen molar-refractivity contribution in [2.45, 2.75) is 32.4 Å². The van der Waals surface area contributed by atoms with Crippen LogP contribution >= 0.6 is 0 Å². The summed E-state index contributed by atoms with van der Waals surface area (Å²) < 4.78 is 11.2. The predicted molar refractivity (Wildman–Crippen MR) is 68.2 cm³/mol. The summed E-state index contributed by atoms with van der Waals surface area (Å²) in [4.78, 5) is 0. The molecular weight excluding hydrogens is 214 g/mol. The van der Waals surface area contributed by atoms with Crippen LogP contribution in [0.25, 0.3) is 0 Å². The van der Waals surface area contributed by atoms with E-state index in [0.29, 0.717) is 5.92 Å². The molecule has 2 unspecified atom stereocenters. The van der Waals surface area contributed by atoms with Gasteiger partial charge in [-0.15, -0.1) is 0 Å². The third-order valence-electron chi connectivity index (χ3n) is 3.39. The van der Waals surface area contributed by atoms with E-state index in [-0.39, 0.29) is 12.1 Å². The van der Waals surface area contributed by atoms with Crippen molar-refractivity contribution < 1.29 is 9.47 Å². The molecule has 2 N–H and O–H groups in total. The van der Waals surface area contributed by atoms with Crippen LogP contribution in [-0.2, 0) is 11.2 Å². The number of ether oxygens (including phenoxy) is 2. The zero-order valence-corrected chi connectivity index (χ0v) is 10.8. The topological polar surface area (TPSA) is 44.5 Å². The molecule has 0 radical (unpaired) electrons. The van der Waals surface area contributed by atoms with E-state index in [1.165, 1.54) is 5.56 Å². The molecule has 94 valence electrons. The van der Waals surface area contributed by atoms with E-state index in [4.69, 9.17) is 15.2 Å². The monoisotopic (exact) mass is 235 g/mol. The summed E-state index contributed by atoms with van der Waals surface area (Å²) >= 11 is 0. The second-order valence-electron chi connectivity index (χ2n) is 4.90. The minimum atomic E-state index is -0.131. The Bertz CT molecular complexity index is 390. The Morgan fingerprint density at radius 2 is 2.12 bits per heavy atom. The van der Waals surface area contributed by atoms with Gasteiger partial charge in [-0.05, 0) is 11.5 Å². The Balaban J connectivity index is 2.31. The van der Waals surface area contributed by atoms with Crippen LogP contribution in [0.1, 0.15) is 31.0 Å². The third kappa shape index (κ3) is 2.31. The van der Waals surface area contributed by atoms with Crippen LogP contribution in [0, 0.1) is 5.92 Å². The van der Waals surface area contributed by atoms with E-state index in [9.17, 15) is 0 Å². The van der Waals surface area contributed by atoms with Crippen molar-refractivity contribution in [1.29, 1.82) is 0 Å². The Morgan fingerprint density at radius 3 is 2.76 bits per heavy atom. The molecule has 17 heavy (non-hydrogen) atoms. The first-order chi connectivity index (χ1) is 8.15. The van der Waals surface area contributed by atoms with E-state index in [2.05, 4.69) is 26.0 Å². The lowest BCUT2D eigenvalue weighted by molar-refractivity contribution is 0.0431. The van der Waals surface area contributed by atoms with E-state index in [0.717, 1.165) is 24.3 Å². The highest BCUT2D eigenvalue weighted by molar-refractivity contribution is 5.45. The van der Waals surface area contributed by atoms with E-state index in [1.807, 2.05) is 6.07 Å². The normalized spacial score (nSPS) is 17.7. The number of methoxy groups -OCH3 is 1. The second-order valence-corrected chi connectivity index (χ2v) is 4.90. The van der Waals surface area contributed by atoms with Crippen molar-refractivity contribution in [3.05, 3.63) is 29.3 Å². The fourth-order valence-electron chi connectivity index (χ4n) is 2.51. The molecule has 0 fully saturated rings. The van der Waals surface area contributed by atoms with Crippen molar-refractivity contribution in [2.75, 3.05) is 13.7 Å². The molecule has 1 aliphatic rings. The molecule has 0 saturated heterocycles. The fraction of sp³-hybridized carbons (Fsp3) is 0.571. The lowest BCUT2D eigenvalue weighted by Gasteiger charge is -2.27. The average Bonchev–Trinajstić information content (AvgIpc) is 2.76. The predicted octanol–water partition coefficient (Wildman–Crippen LogP) is 2.29. The van der Waals surface area contributed by atoms with Gasteiger partial charge in [-0.3, -0.25) is 0 Å². The van der Waals surface area contributed by atoms with Gasteiger partial charge in [0.05, 0.1) is 18.8 Å². The molecule has 0 aromatic heterocycles. The quantitative estimate of drug-likeness (QED) is 0.871. The van der Waals surface area contributed by atoms with E-state index < -0.39 is 0 Å². The minimum Gasteiger partial charge on any atom is -0.493 e. The van der Waals surface area contributed by atoms with Crippen LogP contribution in [-0.4, -0.2) is 19.8 Å². The molecule has 1 aliphatic heterocycles. The molecule has 0 aliphatic carbocycles. The largest absolute Gasteiger partial charge is 0.493 e. The highest BCUT2D eigenvalue weighted by atomic mass is 16.5. The molecule has 2 rings (SSSR count). The molecule has 1 aromatic carbocycles. The van der Waals surface area contributed by atoms with Crippen LogP contribution in [0.4, 0.5) is 0 Å². The molecule has 3 heteroatoms. The highest BCUT2D eigenvalue weighted by Gasteiger charge is 2.27. The van der Waals surface area contributed by atoms with Gasteiger partial charge in [-0.2, -0.15) is 0 Å². The Labute approximate surface area is 103 Å². The molecule has 3 nitrogen and oxygen atoms in total. The number of benzene rings is 1. The molecule has 2 atom stereocenters. The maximum absolute atomic E-state index is 6.32. The van der Waals surface area contributed by atoms with Crippen LogP contribution < -0.4 is 10.5 Å². The van der Waals surface area contributed by atoms with E-state index in [1.54, 1.807) is 7.11 Å². The number of para-hydroxylation sites is 1. The molecule has 1 heterocycles. The van der Waals surface area contributed by atoms with Crippen molar-refractivity contribution in [2.24, 2.45) is 11.7 Å². The first kappa shape index (κ1) is 12.4. The fourth-order valence-corrected chi connectivity index (χ4v) is 2.51. The van der Waals surface area contributed by atoms with Crippen molar-refractivity contribution in [3.63, 3.8) is 0 Å². The smallest absolute Gasteiger partial charge is 0.127 e. The SMILES string of the molecule is COC(C(C)C)C(N)c1cccc2c1OCC2. The molecule has 0 amide bonds. The number of nitrogens with two attached hydrogens (primary N) is 1. The van der Waals surface area contributed by atoms with E-state index >= 15 is 0 Å². The zero-order chi connectivity index (χ0) is 12.4. The number of hydrogen-bond acceptors (Lipinski definition) is 3. The Morgan fingerprint density at radius 1 is 1.35 bits per heavy atom. The maximum atomic E-state index is 6.32. The van der Waals surface area contributed by atoms with Gasteiger partial charge >= 0.3 is 0 Å². The lowest BCUT2D eigenvalue weighted by atomic mass is 9.92. The summed E-state index contributed by atoms with van der Waals surface area (Å²) in [7, 11) is 1.72. The molecular formula is C14H21NO2. The minimum absolute atomic E-state index is 0.0192. The van der Waals surface area contributed by atoms with Gasteiger partial charge in [-0.25, -0.2) is 0 Å². The summed E-state index contributed by atoms with van der Waals surface area (Å²) in [6.45, 7) is 5.01. The molecule has 0 spiro atoms. The standard InChI is InChI=1S/C14H21NO2/c1-9(2)13(16-3)12(15)11-6-4-5-10-7-8-17-14(10)11/h4-6,9,12-13H,7-8,15H2,1-3H3. The van der Waals surface area contributed by atoms with Crippen LogP contribution in [0.5, 0.6) is 5.75 Å². The van der Waals surface area contributed by atoms with Gasteiger partial charge in [-0.1, -0.05) is 32.0 Å². The molecule has 1 aromatic rings. The number of hydrogen-bond donors (Lipinski definition) is 1. The Kier molecular flexibility index (Phi) is 3.69. The average molecular weight is 235 g/mol. The number of fused-ring (bicyclic) bond motifs is 1. The summed E-state index contributed by atoms with van der Waals surface area (Å²) in [5.41, 5.74) is 8.65. The van der Waals surface area contributed by atoms with Crippen LogP contribution in [0.3, 0.4) is 0 Å². The van der Waals surface area contributed by atoms with Crippen LogP contribution in [0.15, 0.2) is 18.2 Å². The van der Waals surface area contributed by atoms with Crippen molar-refractivity contribution in [1.82, 2.24) is 0 Å². The van der Waals surface area contributed by atoms with Gasteiger partial charge in [0.2, 0.25) is 0 Å². The first-order valence-corrected chi connectivity index (χ1v) is 6.18. The van der Waals surface area contributed by atoms with Crippen molar-refractivity contribution >= 4 is 0 Å². The molecule has 0 bridgehead atoms. The van der Waals surface area contributed by atoms with Crippen LogP contribution in [0.2, 0.25) is 0 Å². The zero-order valence-electron chi connectivity index (χ0n) is 10.8. The summed E-state index contributed by atoms with van der Waals surface area (Å²) in [5, 5.41) is 0. The van der Waals surface area contributed by atoms with Gasteiger partial charge in [0.25, 0.3) is 0 Å². The molecule has 0 saturated carbocycles. The van der Waals surface area contributed by atoms with Crippen molar-refractivity contribution in [3.8, 4) is 5.75 Å². The first-order valence-electron chi connectivity index (χ1n) is 6.18. The number of rotatable bonds is 4. The van der Waals surface area contributed by atoms with Gasteiger partial charge in [0.15, 0.2) is 0 Å². The summed E-state index contributed by atoms with van der Waals surface area (Å²) in [6.07, 6.45) is 1.00. The Hall–Kier alpha value is -1.06.